The number of unbranched alkanes of at least 4 members (excludes halogenated alkanes) is 3. The van der Waals surface area contributed by atoms with Crippen molar-refractivity contribution in [1.29, 1.82) is 0 Å². The molecule has 0 N–H and O–H groups in total. The Morgan fingerprint density at radius 3 is 2.08 bits per heavy atom. The van der Waals surface area contributed by atoms with Gasteiger partial charge in [-0.3, -0.25) is 0 Å². The molecule has 0 aliphatic rings. The predicted octanol–water partition coefficient (Wildman–Crippen LogP) is -5.46. The smallest absolute Gasteiger partial charge is 0.820 e. The quantitative estimate of drug-likeness (QED) is 0.250. The maximum Gasteiger partial charge on any atom is 1.00 e. The van der Waals surface area contributed by atoms with E-state index >= 15 is 0 Å². The van der Waals surface area contributed by atoms with Crippen molar-refractivity contribution in [3.8, 4) is 0 Å². The molecule has 6 heteroatoms. The molecule has 0 saturated carbocycles. The van der Waals surface area contributed by atoms with Crippen molar-refractivity contribution >= 4 is 8.60 Å². The van der Waals surface area contributed by atoms with Crippen LogP contribution in [0.5, 0.6) is 0 Å². The normalized spacial score (nSPS) is 9.00. The minimum atomic E-state index is -2.62. The van der Waals surface area contributed by atoms with Crippen molar-refractivity contribution in [3.63, 3.8) is 0 Å². The van der Waals surface area contributed by atoms with Gasteiger partial charge in [0.25, 0.3) is 0 Å². The van der Waals surface area contributed by atoms with Gasteiger partial charge in [-0.1, -0.05) is 26.2 Å². The maximum absolute atomic E-state index is 9.85. The molecule has 0 aromatic carbocycles. The van der Waals surface area contributed by atoms with Crippen LogP contribution >= 0.6 is 8.60 Å². The summed E-state index contributed by atoms with van der Waals surface area (Å²) >= 11 is 0. The first-order valence-corrected chi connectivity index (χ1v) is 4.64. The van der Waals surface area contributed by atoms with Gasteiger partial charge in [0.05, 0.1) is 0 Å². The van der Waals surface area contributed by atoms with Crippen molar-refractivity contribution in [2.24, 2.45) is 0 Å². The molecule has 0 saturated heterocycles. The van der Waals surface area contributed by atoms with Crippen LogP contribution in [0.1, 0.15) is 32.6 Å². The fraction of sp³-hybridized carbons (Fsp3) is 1.00. The van der Waals surface area contributed by atoms with Gasteiger partial charge in [0.1, 0.15) is 0 Å². The molecule has 0 spiro atoms. The molecule has 12 heavy (non-hydrogen) atoms. The molecule has 62 valence electrons. The van der Waals surface area contributed by atoms with Gasteiger partial charge in [-0.25, -0.2) is 0 Å². The van der Waals surface area contributed by atoms with Crippen molar-refractivity contribution in [1.82, 2.24) is 0 Å². The zero-order valence-electron chi connectivity index (χ0n) is 8.21. The van der Waals surface area contributed by atoms with Crippen molar-refractivity contribution in [3.05, 3.63) is 0 Å². The molecule has 0 amide bonds. The van der Waals surface area contributed by atoms with Gasteiger partial charge in [-0.2, -0.15) is 8.60 Å². The molecule has 0 unspecified atom stereocenters. The van der Waals surface area contributed by atoms with Crippen molar-refractivity contribution in [2.45, 2.75) is 32.6 Å². The van der Waals surface area contributed by atoms with Crippen LogP contribution in [0, 0.1) is 0 Å². The Balaban J connectivity index is -0.000000405. The van der Waals surface area contributed by atoms with Gasteiger partial charge in [0, 0.05) is 6.61 Å². The van der Waals surface area contributed by atoms with Crippen LogP contribution in [0.3, 0.4) is 0 Å². The van der Waals surface area contributed by atoms with E-state index in [1.54, 1.807) is 0 Å². The number of hydrogen-bond acceptors (Lipinski definition) is 3. The Bertz CT molecular complexity index is 75.8. The van der Waals surface area contributed by atoms with Gasteiger partial charge >= 0.3 is 59.1 Å². The Morgan fingerprint density at radius 2 is 1.67 bits per heavy atom. The topological polar surface area (TPSA) is 55.3 Å². The second kappa shape index (κ2) is 15.8. The number of rotatable bonds is 6. The Hall–Kier alpha value is 2.31. The van der Waals surface area contributed by atoms with Gasteiger partial charge in [0.15, 0.2) is 0 Å². The molecule has 0 aliphatic heterocycles. The first-order valence-electron chi connectivity index (χ1n) is 3.54. The second-order valence-electron chi connectivity index (χ2n) is 2.12. The van der Waals surface area contributed by atoms with Crippen LogP contribution in [0.4, 0.5) is 0 Å². The van der Waals surface area contributed by atoms with Crippen LogP contribution in [0.25, 0.3) is 0 Å². The summed E-state index contributed by atoms with van der Waals surface area (Å²) in [4.78, 5) is 19.7. The van der Waals surface area contributed by atoms with Crippen molar-refractivity contribution < 1.29 is 73.4 Å². The third-order valence-electron chi connectivity index (χ3n) is 1.19. The Morgan fingerprint density at radius 1 is 1.08 bits per heavy atom. The molecule has 0 fully saturated rings. The second-order valence-corrected chi connectivity index (χ2v) is 2.82. The first kappa shape index (κ1) is 19.8. The van der Waals surface area contributed by atoms with Crippen LogP contribution in [-0.2, 0) is 4.52 Å². The monoisotopic (exact) mass is 210 g/mol. The van der Waals surface area contributed by atoms with Crippen LogP contribution in [0.15, 0.2) is 0 Å². The largest absolute Gasteiger partial charge is 1.00 e. The molecule has 0 aromatic rings. The van der Waals surface area contributed by atoms with E-state index in [2.05, 4.69) is 11.4 Å². The van der Waals surface area contributed by atoms with Crippen LogP contribution in [-0.4, -0.2) is 6.61 Å². The average molecular weight is 210 g/mol. The van der Waals surface area contributed by atoms with Gasteiger partial charge in [0.2, 0.25) is 0 Å². The summed E-state index contributed by atoms with van der Waals surface area (Å²) in [6, 6.07) is 0. The third kappa shape index (κ3) is 18.2. The summed E-state index contributed by atoms with van der Waals surface area (Å²) in [6.07, 6.45) is 4.21. The van der Waals surface area contributed by atoms with Gasteiger partial charge < -0.3 is 14.3 Å². The zero-order chi connectivity index (χ0) is 7.82. The van der Waals surface area contributed by atoms with E-state index in [1.165, 1.54) is 0 Å². The van der Waals surface area contributed by atoms with Crippen LogP contribution < -0.4 is 68.9 Å². The van der Waals surface area contributed by atoms with E-state index in [1.807, 2.05) is 0 Å². The Kier molecular flexibility index (Phi) is 26.0. The van der Waals surface area contributed by atoms with Crippen molar-refractivity contribution in [2.75, 3.05) is 6.61 Å². The Labute approximate surface area is 120 Å². The molecular formula is C6H13Na2O3P. The summed E-state index contributed by atoms with van der Waals surface area (Å²) in [5.41, 5.74) is 0. The molecule has 0 aliphatic carbocycles. The minimum Gasteiger partial charge on any atom is -0.820 e. The van der Waals surface area contributed by atoms with E-state index in [0.29, 0.717) is 6.61 Å². The molecule has 3 nitrogen and oxygen atoms in total. The predicted molar refractivity (Wildman–Crippen MR) is 37.0 cm³/mol. The summed E-state index contributed by atoms with van der Waals surface area (Å²) in [6.45, 7) is 2.45. The minimum absolute atomic E-state index is 0. The zero-order valence-corrected chi connectivity index (χ0v) is 13.1. The fourth-order valence-electron chi connectivity index (χ4n) is 0.668. The van der Waals surface area contributed by atoms with E-state index in [9.17, 15) is 9.79 Å². The van der Waals surface area contributed by atoms with E-state index in [-0.39, 0.29) is 59.1 Å². The van der Waals surface area contributed by atoms with E-state index < -0.39 is 8.60 Å². The molecule has 0 rings (SSSR count). The molecule has 0 aromatic heterocycles. The average Bonchev–Trinajstić information content (AvgIpc) is 1.87. The van der Waals surface area contributed by atoms with Crippen LogP contribution in [0.2, 0.25) is 0 Å². The molecule has 0 atom stereocenters. The summed E-state index contributed by atoms with van der Waals surface area (Å²) in [5, 5.41) is 0. The van der Waals surface area contributed by atoms with E-state index in [0.717, 1.165) is 25.7 Å². The summed E-state index contributed by atoms with van der Waals surface area (Å²) in [5.74, 6) is 0. The fourth-order valence-corrected chi connectivity index (χ4v) is 0.946. The standard InChI is InChI=1S/C6H13O3P.2Na/c1-2-3-4-5-6-9-10(7)8;;/h2-6H2,1H3;;/q-2;2*+1. The van der Waals surface area contributed by atoms with Gasteiger partial charge in [-0.05, 0) is 6.42 Å². The molecule has 0 radical (unpaired) electrons. The van der Waals surface area contributed by atoms with E-state index in [4.69, 9.17) is 0 Å². The summed E-state index contributed by atoms with van der Waals surface area (Å²) < 4.78 is 4.34. The van der Waals surface area contributed by atoms with Gasteiger partial charge in [-0.15, -0.1) is 0 Å². The molecular weight excluding hydrogens is 197 g/mol. The summed E-state index contributed by atoms with van der Waals surface area (Å²) in [7, 11) is -2.62. The maximum atomic E-state index is 9.85. The first-order chi connectivity index (χ1) is 4.77. The molecule has 0 bridgehead atoms. The SMILES string of the molecule is CCCCCCOP([O-])[O-].[Na+].[Na+]. The molecule has 0 heterocycles. The third-order valence-corrected chi connectivity index (χ3v) is 1.59. The number of hydrogen-bond donors (Lipinski definition) is 0.